The quantitative estimate of drug-likeness (QED) is 0.449. The minimum Gasteiger partial charge on any atom is -0.488 e. The summed E-state index contributed by atoms with van der Waals surface area (Å²) < 4.78 is 17.2. The van der Waals surface area contributed by atoms with Crippen molar-refractivity contribution in [1.29, 1.82) is 0 Å². The minimum atomic E-state index is -0.889. The van der Waals surface area contributed by atoms with E-state index in [4.69, 9.17) is 25.8 Å². The molecule has 1 amide bonds. The molecular formula is C29H32ClNO6. The highest BCUT2D eigenvalue weighted by atomic mass is 35.5. The Morgan fingerprint density at radius 3 is 2.51 bits per heavy atom. The molecule has 37 heavy (non-hydrogen) atoms. The van der Waals surface area contributed by atoms with Crippen LogP contribution < -0.4 is 4.74 Å². The Morgan fingerprint density at radius 1 is 1.05 bits per heavy atom. The number of halogens is 1. The summed E-state index contributed by atoms with van der Waals surface area (Å²) in [7, 11) is 0. The summed E-state index contributed by atoms with van der Waals surface area (Å²) in [5, 5.41) is 0.608. The number of nitrogens with zero attached hydrogens (tertiary/aromatic N) is 1. The van der Waals surface area contributed by atoms with E-state index in [2.05, 4.69) is 0 Å². The average molecular weight is 526 g/mol. The first-order valence-corrected chi connectivity index (χ1v) is 13.2. The van der Waals surface area contributed by atoms with Crippen LogP contribution in [0.5, 0.6) is 5.75 Å². The monoisotopic (exact) mass is 525 g/mol. The van der Waals surface area contributed by atoms with Gasteiger partial charge in [-0.3, -0.25) is 9.69 Å². The zero-order valence-electron chi connectivity index (χ0n) is 21.8. The van der Waals surface area contributed by atoms with Crippen molar-refractivity contribution < 1.29 is 28.6 Å². The van der Waals surface area contributed by atoms with E-state index in [-0.39, 0.29) is 17.7 Å². The fourth-order valence-corrected chi connectivity index (χ4v) is 5.61. The van der Waals surface area contributed by atoms with Gasteiger partial charge in [0, 0.05) is 22.2 Å². The van der Waals surface area contributed by atoms with Crippen molar-refractivity contribution in [2.24, 2.45) is 5.92 Å². The lowest BCUT2D eigenvalue weighted by Gasteiger charge is -2.32. The second-order valence-electron chi connectivity index (χ2n) is 11.3. The van der Waals surface area contributed by atoms with Crippen molar-refractivity contribution in [3.8, 4) is 16.9 Å². The topological polar surface area (TPSA) is 82.1 Å². The van der Waals surface area contributed by atoms with E-state index in [0.717, 1.165) is 28.0 Å². The molecule has 0 bridgehead atoms. The van der Waals surface area contributed by atoms with Crippen molar-refractivity contribution >= 4 is 29.4 Å². The first-order chi connectivity index (χ1) is 17.4. The third-order valence-electron chi connectivity index (χ3n) is 7.51. The molecule has 3 aliphatic rings. The molecule has 0 aromatic heterocycles. The number of fused-ring (bicyclic) bond motifs is 4. The molecule has 7 nitrogen and oxygen atoms in total. The summed E-state index contributed by atoms with van der Waals surface area (Å²) in [4.78, 5) is 41.1. The number of ether oxygens (including phenoxy) is 3. The summed E-state index contributed by atoms with van der Waals surface area (Å²) >= 11 is 6.12. The number of amides is 1. The van der Waals surface area contributed by atoms with E-state index in [1.165, 1.54) is 4.90 Å². The smallest absolute Gasteiger partial charge is 0.411 e. The van der Waals surface area contributed by atoms with Crippen molar-refractivity contribution in [2.45, 2.75) is 84.3 Å². The number of Topliss-reactive ketones (excluding diaryl/α,β-unsaturated/α-hetero) is 1. The maximum Gasteiger partial charge on any atom is 0.411 e. The minimum absolute atomic E-state index is 0.0946. The van der Waals surface area contributed by atoms with E-state index < -0.39 is 29.8 Å². The van der Waals surface area contributed by atoms with Crippen LogP contribution >= 0.6 is 11.6 Å². The molecule has 2 heterocycles. The molecule has 196 valence electrons. The largest absolute Gasteiger partial charge is 0.488 e. The fourth-order valence-electron chi connectivity index (χ4n) is 5.45. The summed E-state index contributed by atoms with van der Waals surface area (Å²) in [6.45, 7) is 9.60. The van der Waals surface area contributed by atoms with Crippen molar-refractivity contribution in [3.05, 3.63) is 52.0 Å². The number of carbonyl (C=O) groups excluding carboxylic acids is 3. The predicted molar refractivity (Wildman–Crippen MR) is 139 cm³/mol. The lowest BCUT2D eigenvalue weighted by Crippen LogP contribution is -2.48. The van der Waals surface area contributed by atoms with Crippen LogP contribution in [-0.2, 0) is 27.3 Å². The molecule has 0 N–H and O–H groups in total. The maximum atomic E-state index is 13.4. The zero-order chi connectivity index (χ0) is 26.6. The zero-order valence-corrected chi connectivity index (χ0v) is 22.6. The van der Waals surface area contributed by atoms with Crippen LogP contribution in [0.15, 0.2) is 30.3 Å². The molecule has 2 aliphatic heterocycles. The third kappa shape index (κ3) is 4.81. The summed E-state index contributed by atoms with van der Waals surface area (Å²) in [5.41, 5.74) is 3.68. The van der Waals surface area contributed by atoms with Gasteiger partial charge in [0.1, 0.15) is 24.0 Å². The van der Waals surface area contributed by atoms with E-state index in [1.807, 2.05) is 38.1 Å². The molecule has 0 radical (unpaired) electrons. The van der Waals surface area contributed by atoms with Crippen LogP contribution in [0.1, 0.15) is 68.9 Å². The molecule has 1 fully saturated rings. The van der Waals surface area contributed by atoms with Crippen LogP contribution in [0.25, 0.3) is 11.1 Å². The molecule has 1 aliphatic carbocycles. The van der Waals surface area contributed by atoms with Gasteiger partial charge in [0.15, 0.2) is 6.10 Å². The second-order valence-corrected chi connectivity index (χ2v) is 11.7. The predicted octanol–water partition coefficient (Wildman–Crippen LogP) is 5.97. The Labute approximate surface area is 222 Å². The highest BCUT2D eigenvalue weighted by Crippen LogP contribution is 2.41. The number of ketones is 1. The lowest BCUT2D eigenvalue weighted by molar-refractivity contribution is -0.153. The Balaban J connectivity index is 1.35. The highest BCUT2D eigenvalue weighted by Gasteiger charge is 2.46. The van der Waals surface area contributed by atoms with Gasteiger partial charge < -0.3 is 14.2 Å². The molecule has 4 atom stereocenters. The number of likely N-dealkylation sites (tertiary alicyclic amines) is 1. The van der Waals surface area contributed by atoms with Crippen molar-refractivity contribution in [2.75, 3.05) is 0 Å². The van der Waals surface area contributed by atoms with Gasteiger partial charge in [-0.1, -0.05) is 18.5 Å². The van der Waals surface area contributed by atoms with Gasteiger partial charge in [0.05, 0.1) is 0 Å². The highest BCUT2D eigenvalue weighted by molar-refractivity contribution is 6.30. The fraction of sp³-hybridized carbons (Fsp3) is 0.483. The summed E-state index contributed by atoms with van der Waals surface area (Å²) in [6.07, 6.45) is 0.0269. The molecule has 8 heteroatoms. The Hall–Kier alpha value is -3.06. The number of benzene rings is 2. The van der Waals surface area contributed by atoms with Crippen molar-refractivity contribution in [3.63, 3.8) is 0 Å². The molecule has 2 aromatic carbocycles. The number of aryl methyl sites for hydroxylation is 1. The summed E-state index contributed by atoms with van der Waals surface area (Å²) in [5.74, 6) is 0.0405. The van der Waals surface area contributed by atoms with Gasteiger partial charge >= 0.3 is 12.1 Å². The van der Waals surface area contributed by atoms with Gasteiger partial charge in [-0.25, -0.2) is 9.59 Å². The Bertz CT molecular complexity index is 1280. The van der Waals surface area contributed by atoms with Crippen LogP contribution in [0.2, 0.25) is 5.02 Å². The number of hydrogen-bond donors (Lipinski definition) is 0. The SMILES string of the molecule is C[C@@H]1CC(C(=O)OC2CCc3cc4c(cc3C2=O)COc2cc(Cl)ccc2-4)N(C(=O)OC(C)(C)C)[C@@H]1C. The molecule has 0 saturated carbocycles. The number of carbonyl (C=O) groups is 3. The van der Waals surface area contributed by atoms with Gasteiger partial charge in [-0.15, -0.1) is 0 Å². The number of esters is 1. The number of hydrogen-bond acceptors (Lipinski definition) is 6. The molecule has 0 spiro atoms. The van der Waals surface area contributed by atoms with Gasteiger partial charge in [-0.05, 0) is 99.9 Å². The van der Waals surface area contributed by atoms with Crippen molar-refractivity contribution in [1.82, 2.24) is 4.90 Å². The van der Waals surface area contributed by atoms with E-state index >= 15 is 0 Å². The maximum absolute atomic E-state index is 13.4. The second kappa shape index (κ2) is 9.35. The molecule has 2 aromatic rings. The Morgan fingerprint density at radius 2 is 1.78 bits per heavy atom. The van der Waals surface area contributed by atoms with Crippen LogP contribution in [-0.4, -0.2) is 46.5 Å². The standard InChI is InChI=1S/C29H32ClNO6/c1-15-10-23(31(16(15)2)28(34)37-29(3,4)5)27(33)36-24-9-6-17-11-21-18(12-22(17)26(24)32)14-35-25-13-19(30)7-8-20(21)25/h7-8,11-13,15-16,23-24H,6,9-10,14H2,1-5H3/t15-,16-,23?,24?/m1/s1. The van der Waals surface area contributed by atoms with Crippen LogP contribution in [0, 0.1) is 5.92 Å². The number of rotatable bonds is 2. The molecule has 5 rings (SSSR count). The van der Waals surface area contributed by atoms with E-state index in [1.54, 1.807) is 26.8 Å². The summed E-state index contributed by atoms with van der Waals surface area (Å²) in [6, 6.07) is 8.48. The van der Waals surface area contributed by atoms with Gasteiger partial charge in [0.2, 0.25) is 5.78 Å². The lowest BCUT2D eigenvalue weighted by atomic mass is 9.83. The van der Waals surface area contributed by atoms with Crippen LogP contribution in [0.4, 0.5) is 4.79 Å². The first kappa shape index (κ1) is 25.6. The molecule has 2 unspecified atom stereocenters. The third-order valence-corrected chi connectivity index (χ3v) is 7.74. The molecule has 1 saturated heterocycles. The van der Waals surface area contributed by atoms with E-state index in [9.17, 15) is 14.4 Å². The van der Waals surface area contributed by atoms with Gasteiger partial charge in [-0.2, -0.15) is 0 Å². The van der Waals surface area contributed by atoms with E-state index in [0.29, 0.717) is 36.5 Å². The van der Waals surface area contributed by atoms with Gasteiger partial charge in [0.25, 0.3) is 0 Å². The normalized spacial score (nSPS) is 24.5. The average Bonchev–Trinajstić information content (AvgIpc) is 3.13. The molecular weight excluding hydrogens is 494 g/mol. The van der Waals surface area contributed by atoms with Crippen LogP contribution in [0.3, 0.4) is 0 Å². The Kier molecular flexibility index (Phi) is 6.47. The first-order valence-electron chi connectivity index (χ1n) is 12.8.